The van der Waals surface area contributed by atoms with E-state index in [2.05, 4.69) is 15.9 Å². The number of Topliss-reactive ketones (excluding diaryl/α,β-unsaturated/α-hetero) is 1. The van der Waals surface area contributed by atoms with Crippen molar-refractivity contribution in [3.63, 3.8) is 0 Å². The van der Waals surface area contributed by atoms with Gasteiger partial charge in [-0.25, -0.2) is 0 Å². The van der Waals surface area contributed by atoms with Gasteiger partial charge in [0.15, 0.2) is 5.78 Å². The molecule has 1 rings (SSSR count). The number of nitrogens with zero attached hydrogens (tertiary/aromatic N) is 1. The molecule has 0 aliphatic rings. The van der Waals surface area contributed by atoms with E-state index in [9.17, 15) is 14.9 Å². The van der Waals surface area contributed by atoms with Crippen LogP contribution < -0.4 is 5.73 Å². The first-order valence-electron chi connectivity index (χ1n) is 4.15. The van der Waals surface area contributed by atoms with Crippen molar-refractivity contribution >= 4 is 33.1 Å². The third-order valence-electron chi connectivity index (χ3n) is 1.87. The maximum Gasteiger partial charge on any atom is 0.292 e. The highest BCUT2D eigenvalue weighted by Gasteiger charge is 2.17. The third kappa shape index (κ3) is 2.53. The highest BCUT2D eigenvalue weighted by atomic mass is 79.9. The molecule has 1 atom stereocenters. The number of benzene rings is 1. The lowest BCUT2D eigenvalue weighted by molar-refractivity contribution is -0.383. The molecule has 80 valence electrons. The van der Waals surface area contributed by atoms with Crippen LogP contribution in [0.2, 0.25) is 0 Å². The van der Waals surface area contributed by atoms with Crippen LogP contribution in [-0.2, 0) is 0 Å². The number of nitro benzene ring substituents is 1. The van der Waals surface area contributed by atoms with E-state index in [1.165, 1.54) is 18.2 Å². The zero-order chi connectivity index (χ0) is 11.6. The fourth-order valence-electron chi connectivity index (χ4n) is 1.08. The summed E-state index contributed by atoms with van der Waals surface area (Å²) in [5.74, 6) is -0.210. The fourth-order valence-corrected chi connectivity index (χ4v) is 1.35. The molecule has 2 N–H and O–H groups in total. The topological polar surface area (TPSA) is 86.2 Å². The molecule has 0 fully saturated rings. The Morgan fingerprint density at radius 1 is 1.60 bits per heavy atom. The summed E-state index contributed by atoms with van der Waals surface area (Å²) in [6.07, 6.45) is 0. The summed E-state index contributed by atoms with van der Waals surface area (Å²) in [5.41, 5.74) is 5.49. The number of hydrogen-bond acceptors (Lipinski definition) is 4. The van der Waals surface area contributed by atoms with Crippen LogP contribution >= 0.6 is 15.9 Å². The highest BCUT2D eigenvalue weighted by Crippen LogP contribution is 2.23. The van der Waals surface area contributed by atoms with E-state index < -0.39 is 4.92 Å². The largest absolute Gasteiger partial charge is 0.393 e. The molecular formula is C9H9BrN2O3. The molecule has 0 saturated carbocycles. The summed E-state index contributed by atoms with van der Waals surface area (Å²) < 4.78 is 0. The van der Waals surface area contributed by atoms with Crippen molar-refractivity contribution in [3.05, 3.63) is 33.9 Å². The van der Waals surface area contributed by atoms with Gasteiger partial charge < -0.3 is 5.73 Å². The van der Waals surface area contributed by atoms with Crippen LogP contribution in [0.15, 0.2) is 18.2 Å². The molecule has 0 saturated heterocycles. The van der Waals surface area contributed by atoms with Crippen molar-refractivity contribution in [1.82, 2.24) is 0 Å². The predicted molar refractivity (Wildman–Crippen MR) is 60.2 cm³/mol. The zero-order valence-electron chi connectivity index (χ0n) is 7.94. The van der Waals surface area contributed by atoms with Crippen molar-refractivity contribution in [2.24, 2.45) is 0 Å². The minimum atomic E-state index is -0.606. The minimum absolute atomic E-state index is 0.0544. The van der Waals surface area contributed by atoms with Gasteiger partial charge in [0.1, 0.15) is 5.69 Å². The number of anilines is 1. The lowest BCUT2D eigenvalue weighted by Crippen LogP contribution is -2.10. The van der Waals surface area contributed by atoms with Crippen molar-refractivity contribution in [1.29, 1.82) is 0 Å². The van der Waals surface area contributed by atoms with Crippen molar-refractivity contribution in [2.75, 3.05) is 5.73 Å². The SMILES string of the molecule is CC(Br)C(=O)c1ccc(N)c([N+](=O)[O-])c1. The van der Waals surface area contributed by atoms with Gasteiger partial charge in [0.05, 0.1) is 9.75 Å². The summed E-state index contributed by atoms with van der Waals surface area (Å²) in [6, 6.07) is 4.03. The van der Waals surface area contributed by atoms with Crippen LogP contribution in [0.5, 0.6) is 0 Å². The molecule has 0 aliphatic carbocycles. The predicted octanol–water partition coefficient (Wildman–Crippen LogP) is 2.14. The van der Waals surface area contributed by atoms with Crippen LogP contribution in [0.3, 0.4) is 0 Å². The Balaban J connectivity index is 3.19. The summed E-state index contributed by atoms with van der Waals surface area (Å²) >= 11 is 3.11. The Labute approximate surface area is 94.5 Å². The average molecular weight is 273 g/mol. The summed E-state index contributed by atoms with van der Waals surface area (Å²) in [6.45, 7) is 1.66. The van der Waals surface area contributed by atoms with Crippen LogP contribution in [0.1, 0.15) is 17.3 Å². The molecule has 0 bridgehead atoms. The van der Waals surface area contributed by atoms with Gasteiger partial charge in [-0.15, -0.1) is 0 Å². The number of rotatable bonds is 3. The quantitative estimate of drug-likeness (QED) is 0.300. The van der Waals surface area contributed by atoms with Gasteiger partial charge in [0, 0.05) is 11.6 Å². The van der Waals surface area contributed by atoms with E-state index in [0.29, 0.717) is 0 Å². The van der Waals surface area contributed by atoms with Gasteiger partial charge in [-0.05, 0) is 19.1 Å². The van der Waals surface area contributed by atoms with E-state index in [-0.39, 0.29) is 27.5 Å². The molecule has 1 aromatic rings. The molecule has 0 amide bonds. The van der Waals surface area contributed by atoms with Crippen LogP contribution in [0, 0.1) is 10.1 Å². The van der Waals surface area contributed by atoms with Crippen molar-refractivity contribution in [3.8, 4) is 0 Å². The minimum Gasteiger partial charge on any atom is -0.393 e. The summed E-state index contributed by atoms with van der Waals surface area (Å²) in [7, 11) is 0. The first kappa shape index (κ1) is 11.6. The number of alkyl halides is 1. The second-order valence-corrected chi connectivity index (χ2v) is 4.38. The van der Waals surface area contributed by atoms with Gasteiger partial charge in [0.25, 0.3) is 5.69 Å². The molecule has 1 unspecified atom stereocenters. The second-order valence-electron chi connectivity index (χ2n) is 3.01. The number of nitro groups is 1. The number of carbonyl (C=O) groups is 1. The molecule has 0 heterocycles. The monoisotopic (exact) mass is 272 g/mol. The van der Waals surface area contributed by atoms with E-state index in [1.807, 2.05) is 0 Å². The molecule has 0 aromatic heterocycles. The highest BCUT2D eigenvalue weighted by molar-refractivity contribution is 9.10. The van der Waals surface area contributed by atoms with Gasteiger partial charge in [-0.2, -0.15) is 0 Å². The van der Waals surface area contributed by atoms with Gasteiger partial charge in [0.2, 0.25) is 0 Å². The molecule has 6 heteroatoms. The Hall–Kier alpha value is -1.43. The number of hydrogen-bond donors (Lipinski definition) is 1. The fraction of sp³-hybridized carbons (Fsp3) is 0.222. The van der Waals surface area contributed by atoms with Gasteiger partial charge >= 0.3 is 0 Å². The first-order chi connectivity index (χ1) is 6.93. The lowest BCUT2D eigenvalue weighted by atomic mass is 10.1. The van der Waals surface area contributed by atoms with E-state index in [0.717, 1.165) is 0 Å². The molecular weight excluding hydrogens is 264 g/mol. The average Bonchev–Trinajstić information content (AvgIpc) is 2.16. The number of nitrogens with two attached hydrogens (primary N) is 1. The Bertz CT molecular complexity index is 418. The van der Waals surface area contributed by atoms with Crippen molar-refractivity contribution < 1.29 is 9.72 Å². The number of carbonyl (C=O) groups excluding carboxylic acids is 1. The maximum atomic E-state index is 11.5. The Kier molecular flexibility index (Phi) is 3.41. The third-order valence-corrected chi connectivity index (χ3v) is 2.29. The molecule has 0 radical (unpaired) electrons. The first-order valence-corrected chi connectivity index (χ1v) is 5.07. The van der Waals surface area contributed by atoms with Crippen LogP contribution in [-0.4, -0.2) is 15.5 Å². The smallest absolute Gasteiger partial charge is 0.292 e. The molecule has 0 aliphatic heterocycles. The standard InChI is InChI=1S/C9H9BrN2O3/c1-5(10)9(13)6-2-3-7(11)8(4-6)12(14)15/h2-5H,11H2,1H3. The van der Waals surface area contributed by atoms with E-state index >= 15 is 0 Å². The number of nitrogen functional groups attached to an aromatic ring is 1. The summed E-state index contributed by atoms with van der Waals surface area (Å²) in [5, 5.41) is 10.6. The molecule has 0 spiro atoms. The number of ketones is 1. The van der Waals surface area contributed by atoms with Crippen LogP contribution in [0.25, 0.3) is 0 Å². The lowest BCUT2D eigenvalue weighted by Gasteiger charge is -2.03. The van der Waals surface area contributed by atoms with E-state index in [1.54, 1.807) is 6.92 Å². The summed E-state index contributed by atoms with van der Waals surface area (Å²) in [4.78, 5) is 21.1. The second kappa shape index (κ2) is 4.39. The molecule has 15 heavy (non-hydrogen) atoms. The van der Waals surface area contributed by atoms with E-state index in [4.69, 9.17) is 5.73 Å². The maximum absolute atomic E-state index is 11.5. The normalized spacial score (nSPS) is 12.1. The van der Waals surface area contributed by atoms with Gasteiger partial charge in [-0.1, -0.05) is 15.9 Å². The molecule has 5 nitrogen and oxygen atoms in total. The van der Waals surface area contributed by atoms with Gasteiger partial charge in [-0.3, -0.25) is 14.9 Å². The number of halogens is 1. The van der Waals surface area contributed by atoms with Crippen LogP contribution in [0.4, 0.5) is 11.4 Å². The zero-order valence-corrected chi connectivity index (χ0v) is 9.52. The van der Waals surface area contributed by atoms with Crippen molar-refractivity contribution in [2.45, 2.75) is 11.8 Å². The molecule has 1 aromatic carbocycles. The Morgan fingerprint density at radius 2 is 2.20 bits per heavy atom. The Morgan fingerprint density at radius 3 is 2.67 bits per heavy atom.